The van der Waals surface area contributed by atoms with Crippen LogP contribution in [0.5, 0.6) is 0 Å². The summed E-state index contributed by atoms with van der Waals surface area (Å²) in [6.45, 7) is 0. The molecule has 4 aromatic rings. The fourth-order valence-electron chi connectivity index (χ4n) is 2.91. The maximum Gasteiger partial charge on any atom is 0.173 e. The molecule has 2 aromatic carbocycles. The van der Waals surface area contributed by atoms with Crippen LogP contribution in [0.1, 0.15) is 17.2 Å². The second-order valence-electron chi connectivity index (χ2n) is 5.98. The van der Waals surface area contributed by atoms with E-state index in [9.17, 15) is 5.11 Å². The highest BCUT2D eigenvalue weighted by Gasteiger charge is 2.26. The number of halogens is 2. The van der Waals surface area contributed by atoms with Crippen molar-refractivity contribution in [3.8, 4) is 22.6 Å². The largest absolute Gasteiger partial charge is 0.383 e. The number of aliphatic hydroxyl groups is 1. The molecule has 1 atom stereocenters. The Labute approximate surface area is 166 Å². The topological polar surface area (TPSA) is 59.2 Å². The van der Waals surface area contributed by atoms with Crippen LogP contribution in [0, 0.1) is 0 Å². The summed E-state index contributed by atoms with van der Waals surface area (Å²) >= 11 is 12.1. The van der Waals surface area contributed by atoms with E-state index in [1.807, 2.05) is 24.3 Å². The third-order valence-electron chi connectivity index (χ3n) is 4.21. The first-order valence-corrected chi connectivity index (χ1v) is 8.98. The zero-order valence-corrected chi connectivity index (χ0v) is 15.5. The zero-order chi connectivity index (χ0) is 18.8. The summed E-state index contributed by atoms with van der Waals surface area (Å²) in [6.07, 6.45) is 2.30. The minimum absolute atomic E-state index is 0.457. The first kappa shape index (κ1) is 17.7. The lowest BCUT2D eigenvalue weighted by Crippen LogP contribution is -2.02. The third kappa shape index (κ3) is 3.60. The fourth-order valence-corrected chi connectivity index (χ4v) is 3.23. The molecule has 2 heterocycles. The summed E-state index contributed by atoms with van der Waals surface area (Å²) in [5, 5.41) is 16.5. The van der Waals surface area contributed by atoms with E-state index in [-0.39, 0.29) is 0 Å². The fraction of sp³-hybridized carbons (Fsp3) is 0.0476. The van der Waals surface area contributed by atoms with Crippen molar-refractivity contribution in [3.05, 3.63) is 94.2 Å². The molecule has 4 rings (SSSR count). The van der Waals surface area contributed by atoms with Gasteiger partial charge in [-0.25, -0.2) is 0 Å². The summed E-state index contributed by atoms with van der Waals surface area (Å²) < 4.78 is 5.64. The molecule has 27 heavy (non-hydrogen) atoms. The Morgan fingerprint density at radius 1 is 0.889 bits per heavy atom. The van der Waals surface area contributed by atoms with Crippen LogP contribution in [0.3, 0.4) is 0 Å². The lowest BCUT2D eigenvalue weighted by atomic mass is 9.95. The molecule has 1 unspecified atom stereocenters. The van der Waals surface area contributed by atoms with Crippen molar-refractivity contribution >= 4 is 23.2 Å². The Bertz CT molecular complexity index is 1060. The zero-order valence-electron chi connectivity index (χ0n) is 14.0. The Kier molecular flexibility index (Phi) is 4.94. The number of benzene rings is 2. The molecular weight excluding hydrogens is 383 g/mol. The average Bonchev–Trinajstić information content (AvgIpc) is 3.14. The maximum atomic E-state index is 11.1. The second kappa shape index (κ2) is 7.53. The van der Waals surface area contributed by atoms with Crippen LogP contribution in [0.2, 0.25) is 10.0 Å². The van der Waals surface area contributed by atoms with Crippen molar-refractivity contribution in [2.45, 2.75) is 6.10 Å². The summed E-state index contributed by atoms with van der Waals surface area (Å²) in [7, 11) is 0. The van der Waals surface area contributed by atoms with Crippen LogP contribution in [-0.2, 0) is 0 Å². The number of aliphatic hydroxyl groups excluding tert-OH is 1. The van der Waals surface area contributed by atoms with Crippen molar-refractivity contribution in [1.82, 2.24) is 10.1 Å². The number of pyridine rings is 1. The summed E-state index contributed by atoms with van der Waals surface area (Å²) in [6, 6.07) is 18.0. The Balaban J connectivity index is 1.91. The predicted octanol–water partition coefficient (Wildman–Crippen LogP) is 5.79. The molecule has 0 radical (unpaired) electrons. The Morgan fingerprint density at radius 2 is 1.70 bits per heavy atom. The van der Waals surface area contributed by atoms with Gasteiger partial charge < -0.3 is 9.63 Å². The SMILES string of the molecule is OC(c1cccnc1)c1c(-c2ccc(Cl)cc2)noc1-c1cccc(Cl)c1. The van der Waals surface area contributed by atoms with Crippen molar-refractivity contribution < 1.29 is 9.63 Å². The van der Waals surface area contributed by atoms with E-state index in [2.05, 4.69) is 10.1 Å². The van der Waals surface area contributed by atoms with Crippen LogP contribution in [0.4, 0.5) is 0 Å². The first-order chi connectivity index (χ1) is 13.1. The third-order valence-corrected chi connectivity index (χ3v) is 4.69. The van der Waals surface area contributed by atoms with Crippen LogP contribution < -0.4 is 0 Å². The summed E-state index contributed by atoms with van der Waals surface area (Å²) in [5.41, 5.74) is 3.24. The summed E-state index contributed by atoms with van der Waals surface area (Å²) in [4.78, 5) is 4.10. The van der Waals surface area contributed by atoms with E-state index in [1.54, 1.807) is 48.8 Å². The Hall–Kier alpha value is -2.66. The van der Waals surface area contributed by atoms with E-state index in [0.717, 1.165) is 11.1 Å². The molecule has 0 aliphatic rings. The number of hydrogen-bond donors (Lipinski definition) is 1. The molecular formula is C21H14Cl2N2O2. The van der Waals surface area contributed by atoms with Gasteiger partial charge in [-0.05, 0) is 30.3 Å². The number of rotatable bonds is 4. The van der Waals surface area contributed by atoms with Crippen molar-refractivity contribution in [3.63, 3.8) is 0 Å². The normalized spacial score (nSPS) is 12.1. The highest BCUT2D eigenvalue weighted by Crippen LogP contribution is 2.39. The predicted molar refractivity (Wildman–Crippen MR) is 106 cm³/mol. The van der Waals surface area contributed by atoms with Crippen LogP contribution >= 0.6 is 23.2 Å². The minimum Gasteiger partial charge on any atom is -0.383 e. The number of nitrogens with zero attached hydrogens (tertiary/aromatic N) is 2. The highest BCUT2D eigenvalue weighted by atomic mass is 35.5. The minimum atomic E-state index is -0.968. The molecule has 2 aromatic heterocycles. The molecule has 0 spiro atoms. The van der Waals surface area contributed by atoms with Crippen LogP contribution in [-0.4, -0.2) is 15.2 Å². The average molecular weight is 397 g/mol. The van der Waals surface area contributed by atoms with Gasteiger partial charge in [0.2, 0.25) is 0 Å². The van der Waals surface area contributed by atoms with Gasteiger partial charge in [-0.1, -0.05) is 58.7 Å². The van der Waals surface area contributed by atoms with Gasteiger partial charge in [0.25, 0.3) is 0 Å². The van der Waals surface area contributed by atoms with Gasteiger partial charge in [0.05, 0.1) is 5.56 Å². The van der Waals surface area contributed by atoms with Gasteiger partial charge in [-0.3, -0.25) is 4.98 Å². The van der Waals surface area contributed by atoms with Crippen molar-refractivity contribution in [1.29, 1.82) is 0 Å². The lowest BCUT2D eigenvalue weighted by molar-refractivity contribution is 0.220. The van der Waals surface area contributed by atoms with Crippen LogP contribution in [0.25, 0.3) is 22.6 Å². The lowest BCUT2D eigenvalue weighted by Gasteiger charge is -2.12. The molecule has 0 fully saturated rings. The van der Waals surface area contributed by atoms with E-state index in [4.69, 9.17) is 27.7 Å². The molecule has 0 saturated carbocycles. The summed E-state index contributed by atoms with van der Waals surface area (Å²) in [5.74, 6) is 0.457. The molecule has 1 N–H and O–H groups in total. The molecule has 4 nitrogen and oxygen atoms in total. The molecule has 0 bridgehead atoms. The highest BCUT2D eigenvalue weighted by molar-refractivity contribution is 6.31. The van der Waals surface area contributed by atoms with Crippen molar-refractivity contribution in [2.24, 2.45) is 0 Å². The van der Waals surface area contributed by atoms with Gasteiger partial charge in [0.1, 0.15) is 11.8 Å². The van der Waals surface area contributed by atoms with Gasteiger partial charge in [0, 0.05) is 39.1 Å². The smallest absolute Gasteiger partial charge is 0.173 e. The molecule has 0 aliphatic heterocycles. The second-order valence-corrected chi connectivity index (χ2v) is 6.85. The van der Waals surface area contributed by atoms with Gasteiger partial charge in [0.15, 0.2) is 5.76 Å². The van der Waals surface area contributed by atoms with Crippen molar-refractivity contribution in [2.75, 3.05) is 0 Å². The number of aromatic nitrogens is 2. The molecule has 0 amide bonds. The van der Waals surface area contributed by atoms with Gasteiger partial charge >= 0.3 is 0 Å². The van der Waals surface area contributed by atoms with E-state index in [0.29, 0.717) is 32.6 Å². The molecule has 6 heteroatoms. The van der Waals surface area contributed by atoms with E-state index in [1.165, 1.54) is 0 Å². The maximum absolute atomic E-state index is 11.1. The standard InChI is InChI=1S/C21H14Cl2N2O2/c22-16-8-6-13(7-9-16)19-18(20(26)15-4-2-10-24-12-15)21(27-25-19)14-3-1-5-17(23)11-14/h1-12,20,26H. The van der Waals surface area contributed by atoms with Crippen LogP contribution in [0.15, 0.2) is 77.6 Å². The Morgan fingerprint density at radius 3 is 2.41 bits per heavy atom. The molecule has 0 saturated heterocycles. The van der Waals surface area contributed by atoms with E-state index < -0.39 is 6.10 Å². The molecule has 134 valence electrons. The van der Waals surface area contributed by atoms with E-state index >= 15 is 0 Å². The monoisotopic (exact) mass is 396 g/mol. The number of hydrogen-bond acceptors (Lipinski definition) is 4. The quantitative estimate of drug-likeness (QED) is 0.473. The van der Waals surface area contributed by atoms with Gasteiger partial charge in [-0.2, -0.15) is 0 Å². The first-order valence-electron chi connectivity index (χ1n) is 8.23. The molecule has 0 aliphatic carbocycles. The van der Waals surface area contributed by atoms with Gasteiger partial charge in [-0.15, -0.1) is 0 Å².